The second-order valence-corrected chi connectivity index (χ2v) is 6.31. The zero-order valence-electron chi connectivity index (χ0n) is 11.8. The molecule has 0 unspecified atom stereocenters. The van der Waals surface area contributed by atoms with Gasteiger partial charge in [-0.05, 0) is 26.2 Å². The van der Waals surface area contributed by atoms with Gasteiger partial charge in [-0.25, -0.2) is 0 Å². The van der Waals surface area contributed by atoms with E-state index in [0.717, 1.165) is 0 Å². The van der Waals surface area contributed by atoms with Gasteiger partial charge in [0, 0.05) is 0 Å². The molecule has 0 spiro atoms. The molecule has 0 saturated carbocycles. The highest BCUT2D eigenvalue weighted by Gasteiger charge is 2.18. The van der Waals surface area contributed by atoms with E-state index in [4.69, 9.17) is 9.47 Å². The summed E-state index contributed by atoms with van der Waals surface area (Å²) in [5, 5.41) is 0. The summed E-state index contributed by atoms with van der Waals surface area (Å²) in [6.07, 6.45) is 0.144. The van der Waals surface area contributed by atoms with Gasteiger partial charge >= 0.3 is 11.9 Å². The summed E-state index contributed by atoms with van der Waals surface area (Å²) >= 11 is 0. The molecule has 0 fully saturated rings. The molecule has 0 atom stereocenters. The summed E-state index contributed by atoms with van der Waals surface area (Å²) in [6, 6.07) is 0. The summed E-state index contributed by atoms with van der Waals surface area (Å²) in [6.45, 7) is 11.7. The van der Waals surface area contributed by atoms with Crippen molar-refractivity contribution in [2.75, 3.05) is 6.61 Å². The Morgan fingerprint density at radius 1 is 0.882 bits per heavy atom. The van der Waals surface area contributed by atoms with Crippen molar-refractivity contribution in [2.45, 2.75) is 60.0 Å². The largest absolute Gasteiger partial charge is 0.465 e. The Hall–Kier alpha value is -1.06. The standard InChI is InChI=1S/C13H24O4/c1-12(2,3)9-16-10(14)7-8-11(15)17-13(4,5)6/h7-9H2,1-6H3. The first-order valence-corrected chi connectivity index (χ1v) is 5.87. The van der Waals surface area contributed by atoms with Crippen molar-refractivity contribution in [1.29, 1.82) is 0 Å². The lowest BCUT2D eigenvalue weighted by Crippen LogP contribution is -2.24. The Bertz CT molecular complexity index is 268. The van der Waals surface area contributed by atoms with E-state index < -0.39 is 5.60 Å². The Morgan fingerprint density at radius 2 is 1.35 bits per heavy atom. The van der Waals surface area contributed by atoms with E-state index in [-0.39, 0.29) is 30.2 Å². The lowest BCUT2D eigenvalue weighted by Gasteiger charge is -2.20. The van der Waals surface area contributed by atoms with Crippen molar-refractivity contribution in [3.05, 3.63) is 0 Å². The van der Waals surface area contributed by atoms with Gasteiger partial charge in [-0.15, -0.1) is 0 Å². The molecule has 0 radical (unpaired) electrons. The van der Waals surface area contributed by atoms with E-state index in [9.17, 15) is 9.59 Å². The smallest absolute Gasteiger partial charge is 0.306 e. The van der Waals surface area contributed by atoms with Crippen LogP contribution in [0.1, 0.15) is 54.4 Å². The van der Waals surface area contributed by atoms with E-state index >= 15 is 0 Å². The molecule has 0 aromatic rings. The second-order valence-electron chi connectivity index (χ2n) is 6.31. The van der Waals surface area contributed by atoms with Crippen molar-refractivity contribution < 1.29 is 19.1 Å². The van der Waals surface area contributed by atoms with E-state index in [1.54, 1.807) is 20.8 Å². The molecule has 0 aliphatic rings. The number of hydrogen-bond donors (Lipinski definition) is 0. The summed E-state index contributed by atoms with van der Waals surface area (Å²) in [5.74, 6) is -0.726. The second kappa shape index (κ2) is 6.03. The van der Waals surface area contributed by atoms with Gasteiger partial charge in [-0.2, -0.15) is 0 Å². The van der Waals surface area contributed by atoms with Crippen LogP contribution in [0.3, 0.4) is 0 Å². The average Bonchev–Trinajstić information content (AvgIpc) is 2.07. The quantitative estimate of drug-likeness (QED) is 0.713. The van der Waals surface area contributed by atoms with Crippen LogP contribution in [0.4, 0.5) is 0 Å². The molecule has 4 nitrogen and oxygen atoms in total. The van der Waals surface area contributed by atoms with Gasteiger partial charge < -0.3 is 9.47 Å². The third-order valence-electron chi connectivity index (χ3n) is 1.62. The lowest BCUT2D eigenvalue weighted by atomic mass is 9.99. The van der Waals surface area contributed by atoms with Crippen molar-refractivity contribution in [2.24, 2.45) is 5.41 Å². The zero-order chi connectivity index (χ0) is 13.7. The molecular weight excluding hydrogens is 220 g/mol. The molecule has 0 aliphatic heterocycles. The minimum atomic E-state index is -0.508. The van der Waals surface area contributed by atoms with Crippen LogP contribution in [0.2, 0.25) is 0 Å². The van der Waals surface area contributed by atoms with Crippen LogP contribution >= 0.6 is 0 Å². The fourth-order valence-corrected chi connectivity index (χ4v) is 0.966. The highest BCUT2D eigenvalue weighted by molar-refractivity contribution is 5.77. The zero-order valence-corrected chi connectivity index (χ0v) is 11.8. The SMILES string of the molecule is CC(C)(C)COC(=O)CCC(=O)OC(C)(C)C. The molecule has 0 N–H and O–H groups in total. The molecule has 0 amide bonds. The molecule has 0 aromatic carbocycles. The predicted octanol–water partition coefficient (Wildman–Crippen LogP) is 2.70. The average molecular weight is 244 g/mol. The third-order valence-corrected chi connectivity index (χ3v) is 1.62. The molecule has 100 valence electrons. The van der Waals surface area contributed by atoms with Crippen LogP contribution in [-0.2, 0) is 19.1 Å². The molecule has 0 heterocycles. The molecule has 0 aromatic heterocycles. The monoisotopic (exact) mass is 244 g/mol. The molecule has 0 saturated heterocycles. The Kier molecular flexibility index (Phi) is 5.66. The Labute approximate surface area is 104 Å². The summed E-state index contributed by atoms with van der Waals surface area (Å²) in [5.41, 5.74) is -0.562. The number of esters is 2. The lowest BCUT2D eigenvalue weighted by molar-refractivity contribution is -0.158. The van der Waals surface area contributed by atoms with E-state index in [1.807, 2.05) is 20.8 Å². The van der Waals surface area contributed by atoms with Crippen molar-refractivity contribution in [3.8, 4) is 0 Å². The van der Waals surface area contributed by atoms with Gasteiger partial charge in [0.1, 0.15) is 5.60 Å². The maximum Gasteiger partial charge on any atom is 0.306 e. The fourth-order valence-electron chi connectivity index (χ4n) is 0.966. The predicted molar refractivity (Wildman–Crippen MR) is 65.5 cm³/mol. The van der Waals surface area contributed by atoms with Crippen LogP contribution in [0.15, 0.2) is 0 Å². The Morgan fingerprint density at radius 3 is 1.76 bits per heavy atom. The van der Waals surface area contributed by atoms with Gasteiger partial charge in [-0.3, -0.25) is 9.59 Å². The van der Waals surface area contributed by atoms with Gasteiger partial charge in [-0.1, -0.05) is 20.8 Å². The van der Waals surface area contributed by atoms with Gasteiger partial charge in [0.15, 0.2) is 0 Å². The fraction of sp³-hybridized carbons (Fsp3) is 0.846. The third kappa shape index (κ3) is 11.2. The normalized spacial score (nSPS) is 12.1. The number of carbonyl (C=O) groups excluding carboxylic acids is 2. The molecule has 0 bridgehead atoms. The van der Waals surface area contributed by atoms with Crippen molar-refractivity contribution in [1.82, 2.24) is 0 Å². The van der Waals surface area contributed by atoms with Crippen molar-refractivity contribution in [3.63, 3.8) is 0 Å². The van der Waals surface area contributed by atoms with E-state index in [2.05, 4.69) is 0 Å². The molecular formula is C13H24O4. The number of ether oxygens (including phenoxy) is 2. The van der Waals surface area contributed by atoms with E-state index in [0.29, 0.717) is 6.61 Å². The molecule has 17 heavy (non-hydrogen) atoms. The maximum atomic E-state index is 11.3. The summed E-state index contributed by atoms with van der Waals surface area (Å²) in [7, 11) is 0. The van der Waals surface area contributed by atoms with Gasteiger partial charge in [0.2, 0.25) is 0 Å². The minimum absolute atomic E-state index is 0.0540. The summed E-state index contributed by atoms with van der Waals surface area (Å²) < 4.78 is 10.1. The molecule has 4 heteroatoms. The highest BCUT2D eigenvalue weighted by atomic mass is 16.6. The first-order chi connectivity index (χ1) is 7.49. The maximum absolute atomic E-state index is 11.3. The highest BCUT2D eigenvalue weighted by Crippen LogP contribution is 2.14. The first-order valence-electron chi connectivity index (χ1n) is 5.87. The van der Waals surface area contributed by atoms with Crippen molar-refractivity contribution >= 4 is 11.9 Å². The Balaban J connectivity index is 3.82. The van der Waals surface area contributed by atoms with Gasteiger partial charge in [0.05, 0.1) is 19.4 Å². The molecule has 0 aliphatic carbocycles. The van der Waals surface area contributed by atoms with Crippen LogP contribution in [-0.4, -0.2) is 24.1 Å². The first kappa shape index (κ1) is 15.9. The van der Waals surface area contributed by atoms with Gasteiger partial charge in [0.25, 0.3) is 0 Å². The van der Waals surface area contributed by atoms with Crippen LogP contribution in [0, 0.1) is 5.41 Å². The van der Waals surface area contributed by atoms with E-state index in [1.165, 1.54) is 0 Å². The number of hydrogen-bond acceptors (Lipinski definition) is 4. The number of rotatable bonds is 4. The number of carbonyl (C=O) groups is 2. The van der Waals surface area contributed by atoms with Crippen LogP contribution in [0.5, 0.6) is 0 Å². The van der Waals surface area contributed by atoms with Crippen LogP contribution < -0.4 is 0 Å². The molecule has 0 rings (SSSR count). The van der Waals surface area contributed by atoms with Crippen LogP contribution in [0.25, 0.3) is 0 Å². The summed E-state index contributed by atoms with van der Waals surface area (Å²) in [4.78, 5) is 22.7. The minimum Gasteiger partial charge on any atom is -0.465 e. The topological polar surface area (TPSA) is 52.6 Å².